The van der Waals surface area contributed by atoms with Crippen LogP contribution in [0.15, 0.2) is 66.7 Å². The third-order valence-corrected chi connectivity index (χ3v) is 5.42. The smallest absolute Gasteiger partial charge is 0.262 e. The van der Waals surface area contributed by atoms with E-state index in [1.807, 2.05) is 59.5 Å². The van der Waals surface area contributed by atoms with E-state index in [0.717, 1.165) is 49.5 Å². The van der Waals surface area contributed by atoms with Gasteiger partial charge in [-0.3, -0.25) is 9.59 Å². The number of nitrogens with one attached hydrogen (secondary N) is 1. The Morgan fingerprint density at radius 2 is 1.53 bits per heavy atom. The molecule has 3 aromatic rings. The summed E-state index contributed by atoms with van der Waals surface area (Å²) >= 11 is 0. The van der Waals surface area contributed by atoms with Gasteiger partial charge in [0.05, 0.1) is 11.3 Å². The van der Waals surface area contributed by atoms with E-state index in [-0.39, 0.29) is 18.4 Å². The number of rotatable bonds is 5. The third-order valence-electron chi connectivity index (χ3n) is 5.42. The summed E-state index contributed by atoms with van der Waals surface area (Å²) in [7, 11) is 0. The number of carbonyl (C=O) groups excluding carboxylic acids is 2. The molecule has 1 aliphatic rings. The van der Waals surface area contributed by atoms with Crippen LogP contribution in [0.2, 0.25) is 0 Å². The second-order valence-electron chi connectivity index (χ2n) is 7.60. The Balaban J connectivity index is 1.41. The van der Waals surface area contributed by atoms with Gasteiger partial charge in [-0.15, -0.1) is 0 Å². The summed E-state index contributed by atoms with van der Waals surface area (Å²) in [5, 5.41) is 5.02. The Morgan fingerprint density at radius 3 is 2.33 bits per heavy atom. The zero-order valence-electron chi connectivity index (χ0n) is 17.0. The van der Waals surface area contributed by atoms with E-state index in [0.29, 0.717) is 17.0 Å². The Kier molecular flexibility index (Phi) is 6.28. The van der Waals surface area contributed by atoms with Crippen LogP contribution in [-0.2, 0) is 4.79 Å². The van der Waals surface area contributed by atoms with Gasteiger partial charge >= 0.3 is 0 Å². The van der Waals surface area contributed by atoms with Crippen molar-refractivity contribution in [2.24, 2.45) is 0 Å². The minimum atomic E-state index is -0.292. The van der Waals surface area contributed by atoms with E-state index in [1.54, 1.807) is 12.1 Å². The van der Waals surface area contributed by atoms with Crippen molar-refractivity contribution in [3.05, 3.63) is 72.3 Å². The quantitative estimate of drug-likeness (QED) is 0.662. The summed E-state index contributed by atoms with van der Waals surface area (Å²) in [6, 6.07) is 20.9. The largest absolute Gasteiger partial charge is 0.484 e. The fourth-order valence-electron chi connectivity index (χ4n) is 3.82. The van der Waals surface area contributed by atoms with Gasteiger partial charge in [0.2, 0.25) is 0 Å². The summed E-state index contributed by atoms with van der Waals surface area (Å²) in [5.41, 5.74) is 1.05. The van der Waals surface area contributed by atoms with Crippen LogP contribution in [0.5, 0.6) is 5.75 Å². The molecule has 5 nitrogen and oxygen atoms in total. The minimum absolute atomic E-state index is 0.0248. The van der Waals surface area contributed by atoms with Crippen molar-refractivity contribution in [3.63, 3.8) is 0 Å². The number of hydrogen-bond acceptors (Lipinski definition) is 3. The van der Waals surface area contributed by atoms with E-state index in [9.17, 15) is 9.59 Å². The van der Waals surface area contributed by atoms with Crippen molar-refractivity contribution in [2.45, 2.75) is 25.7 Å². The minimum Gasteiger partial charge on any atom is -0.484 e. The maximum absolute atomic E-state index is 13.0. The first kappa shape index (κ1) is 20.0. The number of amides is 2. The number of anilines is 1. The molecule has 1 N–H and O–H groups in total. The Labute approximate surface area is 176 Å². The van der Waals surface area contributed by atoms with Crippen LogP contribution in [0, 0.1) is 0 Å². The normalized spacial score (nSPS) is 14.2. The van der Waals surface area contributed by atoms with E-state index in [1.165, 1.54) is 0 Å². The Morgan fingerprint density at radius 1 is 0.833 bits per heavy atom. The first-order valence-electron chi connectivity index (χ1n) is 10.5. The van der Waals surface area contributed by atoms with E-state index in [4.69, 9.17) is 4.74 Å². The molecule has 1 aliphatic heterocycles. The molecular weight excluding hydrogens is 376 g/mol. The lowest BCUT2D eigenvalue weighted by Crippen LogP contribution is -2.33. The number of ether oxygens (including phenoxy) is 1. The van der Waals surface area contributed by atoms with Gasteiger partial charge in [-0.05, 0) is 47.9 Å². The molecular formula is C25H26N2O3. The molecule has 4 rings (SSSR count). The number of para-hydroxylation sites is 1. The molecule has 0 atom stereocenters. The molecule has 154 valence electrons. The van der Waals surface area contributed by atoms with Crippen LogP contribution in [0.4, 0.5) is 5.69 Å². The van der Waals surface area contributed by atoms with Gasteiger partial charge in [0.15, 0.2) is 6.61 Å². The summed E-state index contributed by atoms with van der Waals surface area (Å²) < 4.78 is 5.67. The van der Waals surface area contributed by atoms with Crippen LogP contribution >= 0.6 is 0 Å². The third kappa shape index (κ3) is 4.79. The van der Waals surface area contributed by atoms with Gasteiger partial charge < -0.3 is 15.0 Å². The van der Waals surface area contributed by atoms with Crippen LogP contribution in [0.3, 0.4) is 0 Å². The average Bonchev–Trinajstić information content (AvgIpc) is 3.07. The summed E-state index contributed by atoms with van der Waals surface area (Å²) in [5.74, 6) is 0.320. The first-order valence-corrected chi connectivity index (χ1v) is 10.5. The van der Waals surface area contributed by atoms with Crippen LogP contribution in [0.25, 0.3) is 10.8 Å². The van der Waals surface area contributed by atoms with Crippen molar-refractivity contribution < 1.29 is 14.3 Å². The van der Waals surface area contributed by atoms with E-state index < -0.39 is 0 Å². The molecule has 30 heavy (non-hydrogen) atoms. The van der Waals surface area contributed by atoms with Gasteiger partial charge in [-0.25, -0.2) is 0 Å². The molecule has 0 radical (unpaired) electrons. The number of likely N-dealkylation sites (tertiary alicyclic amines) is 1. The van der Waals surface area contributed by atoms with Crippen molar-refractivity contribution >= 4 is 28.3 Å². The summed E-state index contributed by atoms with van der Waals surface area (Å²) in [4.78, 5) is 27.4. The van der Waals surface area contributed by atoms with Crippen LogP contribution in [-0.4, -0.2) is 36.4 Å². The van der Waals surface area contributed by atoms with Crippen molar-refractivity contribution in [2.75, 3.05) is 25.0 Å². The fraction of sp³-hybridized carbons (Fsp3) is 0.280. The predicted molar refractivity (Wildman–Crippen MR) is 119 cm³/mol. The fourth-order valence-corrected chi connectivity index (χ4v) is 3.82. The topological polar surface area (TPSA) is 58.6 Å². The number of benzene rings is 3. The SMILES string of the molecule is O=C(COc1ccc2ccccc2c1)Nc1ccccc1C(=O)N1CCCCCC1. The lowest BCUT2D eigenvalue weighted by Gasteiger charge is -2.22. The lowest BCUT2D eigenvalue weighted by atomic mass is 10.1. The molecule has 1 fully saturated rings. The lowest BCUT2D eigenvalue weighted by molar-refractivity contribution is -0.118. The molecule has 0 unspecified atom stereocenters. The average molecular weight is 402 g/mol. The maximum Gasteiger partial charge on any atom is 0.262 e. The molecule has 0 aromatic heterocycles. The highest BCUT2D eigenvalue weighted by molar-refractivity contribution is 6.04. The van der Waals surface area contributed by atoms with Gasteiger partial charge in [-0.1, -0.05) is 55.3 Å². The Hall–Kier alpha value is -3.34. The molecule has 0 spiro atoms. The summed E-state index contributed by atoms with van der Waals surface area (Å²) in [6.07, 6.45) is 4.38. The summed E-state index contributed by atoms with van der Waals surface area (Å²) in [6.45, 7) is 1.42. The number of carbonyl (C=O) groups is 2. The highest BCUT2D eigenvalue weighted by Gasteiger charge is 2.20. The van der Waals surface area contributed by atoms with Gasteiger partial charge in [-0.2, -0.15) is 0 Å². The number of hydrogen-bond donors (Lipinski definition) is 1. The van der Waals surface area contributed by atoms with Crippen molar-refractivity contribution in [1.82, 2.24) is 4.90 Å². The zero-order valence-corrected chi connectivity index (χ0v) is 17.0. The van der Waals surface area contributed by atoms with Gasteiger partial charge in [0.25, 0.3) is 11.8 Å². The molecule has 1 heterocycles. The molecule has 0 aliphatic carbocycles. The second kappa shape index (κ2) is 9.44. The van der Waals surface area contributed by atoms with Crippen LogP contribution in [0.1, 0.15) is 36.0 Å². The standard InChI is InChI=1S/C25H26N2O3/c28-24(18-30-21-14-13-19-9-3-4-10-20(19)17-21)26-23-12-6-5-11-22(23)25(29)27-15-7-1-2-8-16-27/h3-6,9-14,17H,1-2,7-8,15-16,18H2,(H,26,28). The number of nitrogens with zero attached hydrogens (tertiary/aromatic N) is 1. The van der Waals surface area contributed by atoms with Crippen LogP contribution < -0.4 is 10.1 Å². The zero-order chi connectivity index (χ0) is 20.8. The van der Waals surface area contributed by atoms with Gasteiger partial charge in [0.1, 0.15) is 5.75 Å². The molecule has 5 heteroatoms. The van der Waals surface area contributed by atoms with Gasteiger partial charge in [0, 0.05) is 13.1 Å². The maximum atomic E-state index is 13.0. The molecule has 1 saturated heterocycles. The molecule has 0 bridgehead atoms. The highest BCUT2D eigenvalue weighted by atomic mass is 16.5. The van der Waals surface area contributed by atoms with E-state index in [2.05, 4.69) is 5.32 Å². The molecule has 0 saturated carbocycles. The van der Waals surface area contributed by atoms with E-state index >= 15 is 0 Å². The number of fused-ring (bicyclic) bond motifs is 1. The monoisotopic (exact) mass is 402 g/mol. The van der Waals surface area contributed by atoms with Crippen molar-refractivity contribution in [1.29, 1.82) is 0 Å². The Bertz CT molecular complexity index is 1040. The highest BCUT2D eigenvalue weighted by Crippen LogP contribution is 2.22. The second-order valence-corrected chi connectivity index (χ2v) is 7.60. The first-order chi connectivity index (χ1) is 14.7. The predicted octanol–water partition coefficient (Wildman–Crippen LogP) is 4.87. The molecule has 2 amide bonds. The van der Waals surface area contributed by atoms with Crippen molar-refractivity contribution in [3.8, 4) is 5.75 Å². The molecule has 3 aromatic carbocycles.